The molecule has 0 aliphatic rings. The van der Waals surface area contributed by atoms with Crippen LogP contribution in [0.5, 0.6) is 0 Å². The average molecular weight is 330 g/mol. The third-order valence-corrected chi connectivity index (χ3v) is 3.23. The number of furan rings is 1. The number of hydrogen-bond acceptors (Lipinski definition) is 8. The molecule has 0 aromatic carbocycles. The van der Waals surface area contributed by atoms with Crippen molar-refractivity contribution in [2.45, 2.75) is 6.92 Å². The first-order valence-corrected chi connectivity index (χ1v) is 6.90. The molecule has 0 aliphatic carbocycles. The van der Waals surface area contributed by atoms with E-state index < -0.39 is 4.92 Å². The van der Waals surface area contributed by atoms with Crippen LogP contribution in [0.2, 0.25) is 0 Å². The number of fused-ring (bicyclic) bond motifs is 1. The van der Waals surface area contributed by atoms with Gasteiger partial charge < -0.3 is 9.32 Å². The molecule has 3 rings (SSSR count). The molecule has 0 fully saturated rings. The Bertz CT molecular complexity index is 926. The monoisotopic (exact) mass is 330 g/mol. The number of aromatic nitrogens is 4. The van der Waals surface area contributed by atoms with Crippen LogP contribution in [0.3, 0.4) is 0 Å². The Labute approximate surface area is 135 Å². The summed E-state index contributed by atoms with van der Waals surface area (Å²) in [6.07, 6.45) is 0. The second kappa shape index (κ2) is 5.95. The van der Waals surface area contributed by atoms with E-state index >= 15 is 0 Å². The van der Waals surface area contributed by atoms with Gasteiger partial charge in [0, 0.05) is 14.1 Å². The van der Waals surface area contributed by atoms with Crippen LogP contribution in [0.1, 0.15) is 6.92 Å². The lowest BCUT2D eigenvalue weighted by Gasteiger charge is -2.10. The van der Waals surface area contributed by atoms with Crippen molar-refractivity contribution in [2.24, 2.45) is 5.10 Å². The molecule has 0 saturated heterocycles. The third kappa shape index (κ3) is 2.86. The molecule has 0 amide bonds. The van der Waals surface area contributed by atoms with Crippen LogP contribution in [-0.4, -0.2) is 49.6 Å². The van der Waals surface area contributed by atoms with E-state index in [0.29, 0.717) is 11.5 Å². The first kappa shape index (κ1) is 15.4. The minimum Gasteiger partial charge on any atom is -0.397 e. The number of anilines is 1. The Morgan fingerprint density at radius 1 is 1.33 bits per heavy atom. The van der Waals surface area contributed by atoms with Gasteiger partial charge in [-0.1, -0.05) is 0 Å². The molecule has 0 saturated carbocycles. The Morgan fingerprint density at radius 3 is 2.79 bits per heavy atom. The summed E-state index contributed by atoms with van der Waals surface area (Å²) in [5.74, 6) is 1.32. The molecule has 11 heteroatoms. The molecular weight excluding hydrogens is 316 g/mol. The molecule has 11 nitrogen and oxygen atoms in total. The number of amidine groups is 1. The SMILES string of the molecule is CC(=NNc1ccc2nnc(-c3ccc([N+](=O)[O-])o3)n2n1)N(C)C. The highest BCUT2D eigenvalue weighted by molar-refractivity contribution is 5.79. The highest BCUT2D eigenvalue weighted by atomic mass is 16.6. The van der Waals surface area contributed by atoms with E-state index in [1.54, 1.807) is 12.1 Å². The zero-order valence-corrected chi connectivity index (χ0v) is 13.2. The second-order valence-corrected chi connectivity index (χ2v) is 5.07. The van der Waals surface area contributed by atoms with Crippen LogP contribution in [0.4, 0.5) is 11.7 Å². The maximum atomic E-state index is 10.7. The van der Waals surface area contributed by atoms with Gasteiger partial charge in [-0.15, -0.1) is 15.3 Å². The van der Waals surface area contributed by atoms with Gasteiger partial charge in [-0.3, -0.25) is 15.5 Å². The fourth-order valence-corrected chi connectivity index (χ4v) is 1.79. The number of hydrazone groups is 1. The summed E-state index contributed by atoms with van der Waals surface area (Å²) >= 11 is 0. The summed E-state index contributed by atoms with van der Waals surface area (Å²) in [5, 5.41) is 27.2. The standard InChI is InChI=1S/C13H14N8O3/c1-8(19(2)3)14-15-10-5-6-11-16-17-13(20(11)18-10)9-4-7-12(24-9)21(22)23/h4-7H,1-3H3,(H,15,18). The van der Waals surface area contributed by atoms with E-state index in [4.69, 9.17) is 4.42 Å². The van der Waals surface area contributed by atoms with Crippen molar-refractivity contribution >= 4 is 23.2 Å². The maximum absolute atomic E-state index is 10.7. The van der Waals surface area contributed by atoms with Gasteiger partial charge in [0.25, 0.3) is 0 Å². The summed E-state index contributed by atoms with van der Waals surface area (Å²) in [6.45, 7) is 1.84. The molecule has 3 aromatic rings. The van der Waals surface area contributed by atoms with E-state index in [0.717, 1.165) is 5.84 Å². The van der Waals surface area contributed by atoms with E-state index in [9.17, 15) is 10.1 Å². The topological polar surface area (TPSA) is 127 Å². The highest BCUT2D eigenvalue weighted by Gasteiger charge is 2.18. The Balaban J connectivity index is 1.96. The molecule has 0 spiro atoms. The summed E-state index contributed by atoms with van der Waals surface area (Å²) in [5.41, 5.74) is 3.30. The predicted molar refractivity (Wildman–Crippen MR) is 85.6 cm³/mol. The van der Waals surface area contributed by atoms with Gasteiger partial charge in [0.15, 0.2) is 17.2 Å². The van der Waals surface area contributed by atoms with Crippen molar-refractivity contribution in [3.05, 3.63) is 34.4 Å². The zero-order valence-electron chi connectivity index (χ0n) is 13.2. The van der Waals surface area contributed by atoms with Crippen LogP contribution in [-0.2, 0) is 0 Å². The van der Waals surface area contributed by atoms with Gasteiger partial charge in [-0.05, 0) is 25.1 Å². The van der Waals surface area contributed by atoms with Gasteiger partial charge in [0.2, 0.25) is 5.82 Å². The fourth-order valence-electron chi connectivity index (χ4n) is 1.79. The van der Waals surface area contributed by atoms with Crippen molar-refractivity contribution in [3.8, 4) is 11.6 Å². The van der Waals surface area contributed by atoms with E-state index in [1.165, 1.54) is 16.6 Å². The molecule has 0 atom stereocenters. The fraction of sp³-hybridized carbons (Fsp3) is 0.231. The quantitative estimate of drug-likeness (QED) is 0.331. The van der Waals surface area contributed by atoms with Gasteiger partial charge >= 0.3 is 5.88 Å². The summed E-state index contributed by atoms with van der Waals surface area (Å²) < 4.78 is 6.57. The Kier molecular flexibility index (Phi) is 3.82. The number of nitrogens with one attached hydrogen (secondary N) is 1. The molecule has 0 aliphatic heterocycles. The molecule has 0 bridgehead atoms. The molecule has 1 N–H and O–H groups in total. The largest absolute Gasteiger partial charge is 0.433 e. The zero-order chi connectivity index (χ0) is 17.3. The molecule has 0 radical (unpaired) electrons. The van der Waals surface area contributed by atoms with Crippen molar-refractivity contribution in [2.75, 3.05) is 19.5 Å². The number of hydrogen-bond donors (Lipinski definition) is 1. The molecular formula is C13H14N8O3. The predicted octanol–water partition coefficient (Wildman–Crippen LogP) is 1.60. The first-order chi connectivity index (χ1) is 11.5. The minimum absolute atomic E-state index is 0.201. The highest BCUT2D eigenvalue weighted by Crippen LogP contribution is 2.24. The van der Waals surface area contributed by atoms with Crippen LogP contribution in [0, 0.1) is 10.1 Å². The van der Waals surface area contributed by atoms with Crippen LogP contribution in [0.25, 0.3) is 17.2 Å². The van der Waals surface area contributed by atoms with Gasteiger partial charge in [-0.25, -0.2) is 0 Å². The van der Waals surface area contributed by atoms with Gasteiger partial charge in [0.1, 0.15) is 10.8 Å². The summed E-state index contributed by atoms with van der Waals surface area (Å²) in [4.78, 5) is 12.0. The van der Waals surface area contributed by atoms with Crippen LogP contribution in [0.15, 0.2) is 33.8 Å². The van der Waals surface area contributed by atoms with Crippen molar-refractivity contribution < 1.29 is 9.34 Å². The number of nitrogens with zero attached hydrogens (tertiary/aromatic N) is 7. The third-order valence-electron chi connectivity index (χ3n) is 3.23. The average Bonchev–Trinajstić information content (AvgIpc) is 3.18. The molecule has 3 heterocycles. The molecule has 24 heavy (non-hydrogen) atoms. The summed E-state index contributed by atoms with van der Waals surface area (Å²) in [6, 6.07) is 6.10. The summed E-state index contributed by atoms with van der Waals surface area (Å²) in [7, 11) is 3.75. The number of nitro groups is 1. The lowest BCUT2D eigenvalue weighted by molar-refractivity contribution is -0.401. The van der Waals surface area contributed by atoms with Crippen LogP contribution < -0.4 is 5.43 Å². The van der Waals surface area contributed by atoms with E-state index in [1.807, 2.05) is 25.9 Å². The van der Waals surface area contributed by atoms with Gasteiger partial charge in [-0.2, -0.15) is 9.62 Å². The van der Waals surface area contributed by atoms with Crippen LogP contribution >= 0.6 is 0 Å². The molecule has 124 valence electrons. The lowest BCUT2D eigenvalue weighted by atomic mass is 10.4. The number of rotatable bonds is 4. The van der Waals surface area contributed by atoms with Gasteiger partial charge in [0.05, 0.1) is 6.07 Å². The smallest absolute Gasteiger partial charge is 0.397 e. The molecule has 0 unspecified atom stereocenters. The second-order valence-electron chi connectivity index (χ2n) is 5.07. The van der Waals surface area contributed by atoms with E-state index in [-0.39, 0.29) is 17.5 Å². The van der Waals surface area contributed by atoms with E-state index in [2.05, 4.69) is 25.8 Å². The Morgan fingerprint density at radius 2 is 2.12 bits per heavy atom. The minimum atomic E-state index is -0.619. The molecule has 3 aromatic heterocycles. The lowest BCUT2D eigenvalue weighted by Crippen LogP contribution is -2.19. The van der Waals surface area contributed by atoms with Crippen molar-refractivity contribution in [3.63, 3.8) is 0 Å². The van der Waals surface area contributed by atoms with Crippen molar-refractivity contribution in [1.29, 1.82) is 0 Å². The maximum Gasteiger partial charge on any atom is 0.433 e. The van der Waals surface area contributed by atoms with Crippen molar-refractivity contribution in [1.82, 2.24) is 24.7 Å². The Hall–Kier alpha value is -3.50. The normalized spacial score (nSPS) is 11.7. The first-order valence-electron chi connectivity index (χ1n) is 6.90.